The minimum atomic E-state index is 0.755. The molecule has 0 aliphatic rings. The van der Waals surface area contributed by atoms with Gasteiger partial charge in [-0.25, -0.2) is 4.68 Å². The molecule has 0 radical (unpaired) electrons. The second-order valence-corrected chi connectivity index (χ2v) is 4.08. The Labute approximate surface area is 102 Å². The van der Waals surface area contributed by atoms with Gasteiger partial charge in [0.2, 0.25) is 5.88 Å². The van der Waals surface area contributed by atoms with Gasteiger partial charge in [-0.3, -0.25) is 0 Å². The number of benzene rings is 1. The number of hydrogen-bond donors (Lipinski definition) is 0. The summed E-state index contributed by atoms with van der Waals surface area (Å²) in [4.78, 5) is 0. The van der Waals surface area contributed by atoms with Gasteiger partial charge in [0, 0.05) is 5.56 Å². The third-order valence-electron chi connectivity index (χ3n) is 2.93. The lowest BCUT2D eigenvalue weighted by molar-refractivity contribution is 0.364. The van der Waals surface area contributed by atoms with E-state index in [4.69, 9.17) is 4.74 Å². The number of ether oxygens (including phenoxy) is 1. The van der Waals surface area contributed by atoms with Gasteiger partial charge in [0.1, 0.15) is 0 Å². The van der Waals surface area contributed by atoms with Crippen molar-refractivity contribution in [1.82, 2.24) is 9.78 Å². The quantitative estimate of drug-likeness (QED) is 0.807. The van der Waals surface area contributed by atoms with Gasteiger partial charge in [-0.05, 0) is 18.9 Å². The number of methoxy groups -OCH3 is 1. The van der Waals surface area contributed by atoms with Gasteiger partial charge in [-0.1, -0.05) is 37.3 Å². The highest BCUT2D eigenvalue weighted by atomic mass is 16.5. The van der Waals surface area contributed by atoms with Crippen molar-refractivity contribution in [3.63, 3.8) is 0 Å². The molecule has 3 nitrogen and oxygen atoms in total. The van der Waals surface area contributed by atoms with E-state index < -0.39 is 0 Å². The summed E-state index contributed by atoms with van der Waals surface area (Å²) >= 11 is 0. The fourth-order valence-corrected chi connectivity index (χ4v) is 2.04. The summed E-state index contributed by atoms with van der Waals surface area (Å²) in [6, 6.07) is 10.3. The van der Waals surface area contributed by atoms with Crippen LogP contribution in [0.4, 0.5) is 0 Å². The Morgan fingerprint density at radius 2 is 1.94 bits per heavy atom. The summed E-state index contributed by atoms with van der Waals surface area (Å²) in [6.07, 6.45) is 0.935. The maximum Gasteiger partial charge on any atom is 0.215 e. The molecule has 0 aliphatic heterocycles. The second-order valence-electron chi connectivity index (χ2n) is 4.08. The molecule has 1 aromatic heterocycles. The zero-order valence-corrected chi connectivity index (χ0v) is 10.6. The maximum atomic E-state index is 5.43. The smallest absolute Gasteiger partial charge is 0.215 e. The normalized spacial score (nSPS) is 10.5. The lowest BCUT2D eigenvalue weighted by Crippen LogP contribution is -2.04. The van der Waals surface area contributed by atoms with Crippen molar-refractivity contribution >= 4 is 0 Å². The predicted octanol–water partition coefficient (Wildman–Crippen LogP) is 2.81. The first-order chi connectivity index (χ1) is 8.26. The Morgan fingerprint density at radius 3 is 2.53 bits per heavy atom. The van der Waals surface area contributed by atoms with Crippen LogP contribution in [0, 0.1) is 6.92 Å². The van der Waals surface area contributed by atoms with Gasteiger partial charge >= 0.3 is 0 Å². The van der Waals surface area contributed by atoms with Crippen LogP contribution in [0.25, 0.3) is 0 Å². The molecule has 1 aromatic carbocycles. The van der Waals surface area contributed by atoms with Crippen LogP contribution in [0.15, 0.2) is 30.3 Å². The molecule has 0 unspecified atom stereocenters. The third kappa shape index (κ3) is 2.33. The van der Waals surface area contributed by atoms with E-state index >= 15 is 0 Å². The molecule has 0 saturated carbocycles. The zero-order valence-electron chi connectivity index (χ0n) is 10.6. The molecular formula is C14H18N2O. The Bertz CT molecular complexity index is 488. The molecule has 0 fully saturated rings. The largest absolute Gasteiger partial charge is 0.481 e. The van der Waals surface area contributed by atoms with E-state index in [9.17, 15) is 0 Å². The highest BCUT2D eigenvalue weighted by Gasteiger charge is 2.13. The highest BCUT2D eigenvalue weighted by molar-refractivity contribution is 5.31. The summed E-state index contributed by atoms with van der Waals surface area (Å²) in [6.45, 7) is 4.93. The molecule has 0 aliphatic carbocycles. The molecule has 0 saturated heterocycles. The minimum Gasteiger partial charge on any atom is -0.481 e. The van der Waals surface area contributed by atoms with E-state index in [0.717, 1.165) is 30.1 Å². The fraction of sp³-hybridized carbons (Fsp3) is 0.357. The molecule has 3 heteroatoms. The monoisotopic (exact) mass is 230 g/mol. The van der Waals surface area contributed by atoms with Crippen LogP contribution in [-0.4, -0.2) is 16.9 Å². The second kappa shape index (κ2) is 5.04. The first kappa shape index (κ1) is 11.7. The van der Waals surface area contributed by atoms with Crippen LogP contribution in [0.1, 0.15) is 23.7 Å². The maximum absolute atomic E-state index is 5.43. The predicted molar refractivity (Wildman–Crippen MR) is 68.4 cm³/mol. The average Bonchev–Trinajstić information content (AvgIpc) is 2.66. The summed E-state index contributed by atoms with van der Waals surface area (Å²) in [7, 11) is 1.70. The Morgan fingerprint density at radius 1 is 1.24 bits per heavy atom. The summed E-state index contributed by atoms with van der Waals surface area (Å²) < 4.78 is 7.37. The SMILES string of the molecule is CCc1nn(Cc2ccccc2)c(OC)c1C. The molecule has 1 heterocycles. The molecule has 2 aromatic rings. The topological polar surface area (TPSA) is 27.1 Å². The van der Waals surface area contributed by atoms with E-state index in [-0.39, 0.29) is 0 Å². The van der Waals surface area contributed by atoms with Crippen molar-refractivity contribution < 1.29 is 4.74 Å². The Balaban J connectivity index is 2.32. The summed E-state index contributed by atoms with van der Waals surface area (Å²) in [5.74, 6) is 0.866. The van der Waals surface area contributed by atoms with Crippen molar-refractivity contribution in [3.05, 3.63) is 47.2 Å². The van der Waals surface area contributed by atoms with Crippen LogP contribution < -0.4 is 4.74 Å². The van der Waals surface area contributed by atoms with Gasteiger partial charge < -0.3 is 4.74 Å². The molecule has 2 rings (SSSR count). The molecule has 90 valence electrons. The first-order valence-electron chi connectivity index (χ1n) is 5.90. The molecular weight excluding hydrogens is 212 g/mol. The summed E-state index contributed by atoms with van der Waals surface area (Å²) in [5, 5.41) is 4.59. The van der Waals surface area contributed by atoms with Crippen molar-refractivity contribution in [3.8, 4) is 5.88 Å². The van der Waals surface area contributed by atoms with Crippen molar-refractivity contribution in [2.24, 2.45) is 0 Å². The van der Waals surface area contributed by atoms with Crippen molar-refractivity contribution in [2.75, 3.05) is 7.11 Å². The zero-order chi connectivity index (χ0) is 12.3. The molecule has 17 heavy (non-hydrogen) atoms. The number of aryl methyl sites for hydroxylation is 1. The fourth-order valence-electron chi connectivity index (χ4n) is 2.04. The highest BCUT2D eigenvalue weighted by Crippen LogP contribution is 2.22. The van der Waals surface area contributed by atoms with E-state index in [0.29, 0.717) is 0 Å². The van der Waals surface area contributed by atoms with Gasteiger partial charge in [0.15, 0.2) is 0 Å². The van der Waals surface area contributed by atoms with Gasteiger partial charge in [0.25, 0.3) is 0 Å². The Hall–Kier alpha value is -1.77. The molecule has 0 N–H and O–H groups in total. The lowest BCUT2D eigenvalue weighted by atomic mass is 10.2. The van der Waals surface area contributed by atoms with E-state index in [1.54, 1.807) is 7.11 Å². The summed E-state index contributed by atoms with van der Waals surface area (Å²) in [5.41, 5.74) is 3.49. The lowest BCUT2D eigenvalue weighted by Gasteiger charge is -2.06. The van der Waals surface area contributed by atoms with Gasteiger partial charge in [-0.15, -0.1) is 0 Å². The van der Waals surface area contributed by atoms with Crippen LogP contribution in [0.2, 0.25) is 0 Å². The average molecular weight is 230 g/mol. The van der Waals surface area contributed by atoms with Gasteiger partial charge in [-0.2, -0.15) is 5.10 Å². The van der Waals surface area contributed by atoms with E-state index in [1.807, 2.05) is 22.9 Å². The van der Waals surface area contributed by atoms with E-state index in [1.165, 1.54) is 5.56 Å². The standard InChI is InChI=1S/C14H18N2O/c1-4-13-11(2)14(17-3)16(15-13)10-12-8-6-5-7-9-12/h5-9H,4,10H2,1-3H3. The van der Waals surface area contributed by atoms with Crippen LogP contribution in [0.3, 0.4) is 0 Å². The number of hydrogen-bond acceptors (Lipinski definition) is 2. The molecule has 0 spiro atoms. The number of nitrogens with zero attached hydrogens (tertiary/aromatic N) is 2. The van der Waals surface area contributed by atoms with E-state index in [2.05, 4.69) is 31.1 Å². The van der Waals surface area contributed by atoms with Crippen LogP contribution in [-0.2, 0) is 13.0 Å². The minimum absolute atomic E-state index is 0.755. The molecule has 0 amide bonds. The van der Waals surface area contributed by atoms with Crippen molar-refractivity contribution in [1.29, 1.82) is 0 Å². The Kier molecular flexibility index (Phi) is 3.47. The number of rotatable bonds is 4. The first-order valence-corrected chi connectivity index (χ1v) is 5.90. The molecule has 0 bridgehead atoms. The van der Waals surface area contributed by atoms with Crippen LogP contribution >= 0.6 is 0 Å². The number of aromatic nitrogens is 2. The van der Waals surface area contributed by atoms with Gasteiger partial charge in [0.05, 0.1) is 19.3 Å². The van der Waals surface area contributed by atoms with Crippen LogP contribution in [0.5, 0.6) is 5.88 Å². The molecule has 0 atom stereocenters. The van der Waals surface area contributed by atoms with Crippen molar-refractivity contribution in [2.45, 2.75) is 26.8 Å². The third-order valence-corrected chi connectivity index (χ3v) is 2.93.